The summed E-state index contributed by atoms with van der Waals surface area (Å²) in [7, 11) is 1.34. The molecule has 0 fully saturated rings. The normalized spacial score (nSPS) is 13.5. The van der Waals surface area contributed by atoms with Gasteiger partial charge in [-0.2, -0.15) is 14.6 Å². The van der Waals surface area contributed by atoms with Crippen LogP contribution in [0.15, 0.2) is 59.3 Å². The summed E-state index contributed by atoms with van der Waals surface area (Å²) in [5.74, 6) is 0.483. The molecule has 0 spiro atoms. The molecule has 4 heterocycles. The zero-order valence-electron chi connectivity index (χ0n) is 16.2. The topological polar surface area (TPSA) is 126 Å². The quantitative estimate of drug-likeness (QED) is 0.453. The van der Waals surface area contributed by atoms with Crippen LogP contribution in [0.25, 0.3) is 28.3 Å². The number of benzene rings is 1. The molecule has 0 radical (unpaired) electrons. The second kappa shape index (κ2) is 6.41. The molecule has 4 aromatic heterocycles. The fraction of sp³-hybridized carbons (Fsp3) is 0.150. The number of fused-ring (bicyclic) bond motifs is 3. The number of esters is 1. The number of carbonyl (C=O) groups excluding carboxylic acids is 1. The molecule has 2 N–H and O–H groups in total. The number of hydrogen-bond acceptors (Lipinski definition) is 8. The first-order chi connectivity index (χ1) is 14.5. The Morgan fingerprint density at radius 2 is 1.93 bits per heavy atom. The minimum absolute atomic E-state index is 0.102. The first-order valence-electron chi connectivity index (χ1n) is 9.12. The van der Waals surface area contributed by atoms with Crippen molar-refractivity contribution in [2.24, 2.45) is 0 Å². The lowest BCUT2D eigenvalue weighted by atomic mass is 9.92. The van der Waals surface area contributed by atoms with Gasteiger partial charge in [0.05, 0.1) is 25.0 Å². The van der Waals surface area contributed by atoms with Gasteiger partial charge in [0, 0.05) is 0 Å². The molecule has 0 amide bonds. The van der Waals surface area contributed by atoms with Crippen LogP contribution in [-0.4, -0.2) is 42.4 Å². The number of methoxy groups -OCH3 is 1. The molecular weight excluding hydrogens is 386 g/mol. The van der Waals surface area contributed by atoms with Crippen molar-refractivity contribution in [1.29, 1.82) is 0 Å². The Morgan fingerprint density at radius 1 is 1.13 bits per heavy atom. The maximum Gasteiger partial charge on any atom is 0.338 e. The van der Waals surface area contributed by atoms with Gasteiger partial charge in [-0.1, -0.05) is 30.3 Å². The Morgan fingerprint density at radius 3 is 2.63 bits per heavy atom. The summed E-state index contributed by atoms with van der Waals surface area (Å²) in [6.07, 6.45) is 3.12. The molecule has 0 saturated carbocycles. The molecule has 0 aliphatic carbocycles. The van der Waals surface area contributed by atoms with E-state index in [1.807, 2.05) is 30.3 Å². The van der Waals surface area contributed by atoms with E-state index in [0.29, 0.717) is 33.8 Å². The van der Waals surface area contributed by atoms with Gasteiger partial charge in [0.2, 0.25) is 11.8 Å². The molecule has 30 heavy (non-hydrogen) atoms. The number of anilines is 1. The lowest BCUT2D eigenvalue weighted by Gasteiger charge is -2.28. The standard InChI is InChI=1S/C20H17N7O3/c1-20(18(28)29-2,12-7-4-3-5-8-12)27-17-13(11-22-27)16-23-15(14-9-6-10-30-14)25-26(16)19(21)24-17/h3-11H,1-2H3,(H2,21,24). The van der Waals surface area contributed by atoms with Crippen molar-refractivity contribution in [2.45, 2.75) is 12.5 Å². The fourth-order valence-electron chi connectivity index (χ4n) is 3.53. The third-order valence-electron chi connectivity index (χ3n) is 5.11. The van der Waals surface area contributed by atoms with Crippen molar-refractivity contribution in [2.75, 3.05) is 12.8 Å². The van der Waals surface area contributed by atoms with Crippen LogP contribution in [0, 0.1) is 0 Å². The van der Waals surface area contributed by atoms with E-state index in [9.17, 15) is 4.79 Å². The van der Waals surface area contributed by atoms with Crippen LogP contribution >= 0.6 is 0 Å². The van der Waals surface area contributed by atoms with Gasteiger partial charge in [-0.3, -0.25) is 0 Å². The molecule has 150 valence electrons. The molecule has 1 unspecified atom stereocenters. The number of nitrogens with zero attached hydrogens (tertiary/aromatic N) is 6. The van der Waals surface area contributed by atoms with E-state index in [2.05, 4.69) is 20.2 Å². The molecule has 0 bridgehead atoms. The zero-order chi connectivity index (χ0) is 20.9. The van der Waals surface area contributed by atoms with E-state index in [1.54, 1.807) is 25.3 Å². The van der Waals surface area contributed by atoms with Gasteiger partial charge in [0.1, 0.15) is 0 Å². The highest BCUT2D eigenvalue weighted by Crippen LogP contribution is 2.32. The molecule has 5 aromatic rings. The third kappa shape index (κ3) is 2.40. The fourth-order valence-corrected chi connectivity index (χ4v) is 3.53. The molecule has 0 aliphatic heterocycles. The predicted molar refractivity (Wildman–Crippen MR) is 107 cm³/mol. The van der Waals surface area contributed by atoms with E-state index in [4.69, 9.17) is 14.9 Å². The summed E-state index contributed by atoms with van der Waals surface area (Å²) < 4.78 is 13.4. The minimum Gasteiger partial charge on any atom is -0.467 e. The molecule has 5 rings (SSSR count). The van der Waals surface area contributed by atoms with Gasteiger partial charge in [-0.25, -0.2) is 14.5 Å². The maximum atomic E-state index is 12.9. The summed E-state index contributed by atoms with van der Waals surface area (Å²) in [6.45, 7) is 1.72. The van der Waals surface area contributed by atoms with Crippen molar-refractivity contribution >= 4 is 28.6 Å². The first kappa shape index (κ1) is 17.9. The van der Waals surface area contributed by atoms with Crippen molar-refractivity contribution in [3.63, 3.8) is 0 Å². The number of rotatable bonds is 4. The third-order valence-corrected chi connectivity index (χ3v) is 5.11. The van der Waals surface area contributed by atoms with E-state index in [-0.39, 0.29) is 5.95 Å². The van der Waals surface area contributed by atoms with Gasteiger partial charge in [0.15, 0.2) is 22.6 Å². The van der Waals surface area contributed by atoms with Crippen LogP contribution in [0.5, 0.6) is 0 Å². The summed E-state index contributed by atoms with van der Waals surface area (Å²) in [5, 5.41) is 9.43. The van der Waals surface area contributed by atoms with Crippen molar-refractivity contribution < 1.29 is 13.9 Å². The van der Waals surface area contributed by atoms with E-state index < -0.39 is 11.5 Å². The van der Waals surface area contributed by atoms with Gasteiger partial charge in [-0.15, -0.1) is 5.10 Å². The second-order valence-electron chi connectivity index (χ2n) is 6.84. The van der Waals surface area contributed by atoms with Gasteiger partial charge < -0.3 is 14.9 Å². The van der Waals surface area contributed by atoms with Crippen LogP contribution in [-0.2, 0) is 15.1 Å². The monoisotopic (exact) mass is 403 g/mol. The molecule has 0 saturated heterocycles. The Balaban J connectivity index is 1.79. The Kier molecular flexibility index (Phi) is 3.82. The molecule has 10 nitrogen and oxygen atoms in total. The largest absolute Gasteiger partial charge is 0.467 e. The highest BCUT2D eigenvalue weighted by atomic mass is 16.5. The zero-order valence-corrected chi connectivity index (χ0v) is 16.2. The number of nitrogens with two attached hydrogens (primary N) is 1. The lowest BCUT2D eigenvalue weighted by Crippen LogP contribution is -2.42. The van der Waals surface area contributed by atoms with E-state index >= 15 is 0 Å². The maximum absolute atomic E-state index is 12.9. The summed E-state index contributed by atoms with van der Waals surface area (Å²) >= 11 is 0. The molecule has 10 heteroatoms. The second-order valence-corrected chi connectivity index (χ2v) is 6.84. The Labute approximate surface area is 169 Å². The summed E-state index contributed by atoms with van der Waals surface area (Å²) in [4.78, 5) is 21.9. The minimum atomic E-state index is -1.26. The van der Waals surface area contributed by atoms with Crippen molar-refractivity contribution in [1.82, 2.24) is 29.4 Å². The van der Waals surface area contributed by atoms with Gasteiger partial charge in [0.25, 0.3) is 0 Å². The molecule has 1 atom stereocenters. The van der Waals surface area contributed by atoms with Crippen LogP contribution in [0.2, 0.25) is 0 Å². The average Bonchev–Trinajstić information content (AvgIpc) is 3.51. The van der Waals surface area contributed by atoms with Gasteiger partial charge in [-0.05, 0) is 24.6 Å². The van der Waals surface area contributed by atoms with Crippen LogP contribution in [0.4, 0.5) is 5.95 Å². The number of carbonyl (C=O) groups is 1. The van der Waals surface area contributed by atoms with Crippen LogP contribution in [0.3, 0.4) is 0 Å². The molecular formula is C20H17N7O3. The smallest absolute Gasteiger partial charge is 0.338 e. The van der Waals surface area contributed by atoms with Crippen molar-refractivity contribution in [3.05, 3.63) is 60.5 Å². The number of furan rings is 1. The van der Waals surface area contributed by atoms with E-state index in [0.717, 1.165) is 0 Å². The predicted octanol–water partition coefficient (Wildman–Crippen LogP) is 2.25. The Bertz CT molecular complexity index is 1370. The average molecular weight is 403 g/mol. The van der Waals surface area contributed by atoms with Gasteiger partial charge >= 0.3 is 5.97 Å². The lowest BCUT2D eigenvalue weighted by molar-refractivity contribution is -0.148. The van der Waals surface area contributed by atoms with Crippen molar-refractivity contribution in [3.8, 4) is 11.6 Å². The first-order valence-corrected chi connectivity index (χ1v) is 9.12. The molecule has 1 aromatic carbocycles. The highest BCUT2D eigenvalue weighted by Gasteiger charge is 2.41. The number of hydrogen-bond donors (Lipinski definition) is 1. The summed E-state index contributed by atoms with van der Waals surface area (Å²) in [6, 6.07) is 12.7. The molecule has 0 aliphatic rings. The van der Waals surface area contributed by atoms with Crippen LogP contribution in [0.1, 0.15) is 12.5 Å². The number of aromatic nitrogens is 6. The summed E-state index contributed by atoms with van der Waals surface area (Å²) in [5.41, 5.74) is 6.44. The Hall–Kier alpha value is -4.21. The van der Waals surface area contributed by atoms with Crippen LogP contribution < -0.4 is 5.73 Å². The van der Waals surface area contributed by atoms with E-state index in [1.165, 1.54) is 22.6 Å². The number of ether oxygens (including phenoxy) is 1. The number of nitrogen functional groups attached to an aromatic ring is 1. The SMILES string of the molecule is COC(=O)C(C)(c1ccccc1)n1ncc2c1nc(N)n1nc(-c3ccco3)nc21. The highest BCUT2D eigenvalue weighted by molar-refractivity contribution is 5.92.